The second kappa shape index (κ2) is 13.2. The van der Waals surface area contributed by atoms with Gasteiger partial charge in [-0.3, -0.25) is 19.1 Å². The van der Waals surface area contributed by atoms with Crippen molar-refractivity contribution in [2.75, 3.05) is 24.7 Å². The number of carboxylic acids is 1. The normalized spacial score (nSPS) is 15.7. The average molecular weight is 720 g/mol. The van der Waals surface area contributed by atoms with Gasteiger partial charge in [-0.25, -0.2) is 31.7 Å². The summed E-state index contributed by atoms with van der Waals surface area (Å²) in [5.41, 5.74) is -3.76. The molecule has 0 bridgehead atoms. The van der Waals surface area contributed by atoms with Crippen LogP contribution in [0.25, 0.3) is 27.5 Å². The Morgan fingerprint density at radius 2 is 1.69 bits per heavy atom. The maximum absolute atomic E-state index is 15.2. The first-order chi connectivity index (χ1) is 24.1. The van der Waals surface area contributed by atoms with Crippen molar-refractivity contribution in [2.24, 2.45) is 7.05 Å². The van der Waals surface area contributed by atoms with Gasteiger partial charge in [0.2, 0.25) is 0 Å². The van der Waals surface area contributed by atoms with E-state index in [-0.39, 0.29) is 46.2 Å². The van der Waals surface area contributed by atoms with Crippen LogP contribution in [0.2, 0.25) is 0 Å². The van der Waals surface area contributed by atoms with Gasteiger partial charge in [-0.1, -0.05) is 12.1 Å². The third-order valence-electron chi connectivity index (χ3n) is 8.51. The molecule has 2 N–H and O–H groups in total. The summed E-state index contributed by atoms with van der Waals surface area (Å²) in [5.74, 6) is -8.82. The van der Waals surface area contributed by atoms with Crippen LogP contribution in [0.1, 0.15) is 15.9 Å². The molecule has 0 unspecified atom stereocenters. The number of pyridine rings is 1. The minimum Gasteiger partial charge on any atom is -0.480 e. The predicted octanol–water partition coefficient (Wildman–Crippen LogP) is 3.99. The first-order valence-electron chi connectivity index (χ1n) is 15.0. The van der Waals surface area contributed by atoms with E-state index in [1.807, 2.05) is 5.32 Å². The Morgan fingerprint density at radius 3 is 2.35 bits per heavy atom. The Hall–Kier alpha value is -5.78. The Balaban J connectivity index is 1.33. The van der Waals surface area contributed by atoms with E-state index < -0.39 is 88.9 Å². The predicted molar refractivity (Wildman–Crippen MR) is 167 cm³/mol. The lowest BCUT2D eigenvalue weighted by molar-refractivity contribution is -0.167. The number of amides is 1. The molecule has 0 aliphatic carbocycles. The summed E-state index contributed by atoms with van der Waals surface area (Å²) in [7, 11) is 1.24. The van der Waals surface area contributed by atoms with Gasteiger partial charge in [-0.15, -0.1) is 0 Å². The fraction of sp³-hybridized carbons (Fsp3) is 0.242. The standard InChI is InChI=1S/C33H24F7N5O6/c1-43-25-13-20(35)19(34)12-18(25)30(47)45(32(43)50)24-5-4-15(17-3-2-6-41-28(17)24)9-23(31(48)49)42-29(46)27-21(36)10-16(11-22(27)37)44-7-8-51-14-26(44)33(38,39)40/h2-6,10-13,23,26H,7-9,14H2,1H3,(H,42,46)(H,48,49)/t23-,26+/m0/s1. The molecule has 5 aromatic rings. The molecule has 2 atom stereocenters. The number of rotatable bonds is 7. The van der Waals surface area contributed by atoms with Crippen molar-refractivity contribution >= 4 is 39.4 Å². The average Bonchev–Trinajstić information content (AvgIpc) is 3.08. The van der Waals surface area contributed by atoms with Crippen LogP contribution in [0.4, 0.5) is 36.4 Å². The number of carbonyl (C=O) groups excluding carboxylic acids is 1. The molecule has 1 aliphatic rings. The van der Waals surface area contributed by atoms with Gasteiger partial charge >= 0.3 is 17.8 Å². The number of carbonyl (C=O) groups is 2. The van der Waals surface area contributed by atoms with Crippen molar-refractivity contribution in [1.82, 2.24) is 19.4 Å². The first kappa shape index (κ1) is 35.1. The number of alkyl halides is 3. The van der Waals surface area contributed by atoms with E-state index in [0.717, 1.165) is 4.57 Å². The third-order valence-corrected chi connectivity index (χ3v) is 8.51. The highest BCUT2D eigenvalue weighted by atomic mass is 19.4. The summed E-state index contributed by atoms with van der Waals surface area (Å²) in [5, 5.41) is 11.9. The Kier molecular flexibility index (Phi) is 9.05. The van der Waals surface area contributed by atoms with Crippen molar-refractivity contribution < 1.29 is 50.2 Å². The van der Waals surface area contributed by atoms with E-state index in [0.29, 0.717) is 33.7 Å². The van der Waals surface area contributed by atoms with E-state index in [9.17, 15) is 46.2 Å². The quantitative estimate of drug-likeness (QED) is 0.241. The molecule has 18 heteroatoms. The van der Waals surface area contributed by atoms with Crippen molar-refractivity contribution in [1.29, 1.82) is 0 Å². The molecule has 1 saturated heterocycles. The van der Waals surface area contributed by atoms with Gasteiger partial charge in [0.15, 0.2) is 11.6 Å². The number of nitrogens with one attached hydrogen (secondary N) is 1. The molecule has 3 aromatic carbocycles. The Bertz CT molecular complexity index is 2340. The van der Waals surface area contributed by atoms with E-state index in [2.05, 4.69) is 4.98 Å². The van der Waals surface area contributed by atoms with E-state index in [1.165, 1.54) is 37.5 Å². The van der Waals surface area contributed by atoms with Crippen molar-refractivity contribution in [3.8, 4) is 5.69 Å². The largest absolute Gasteiger partial charge is 0.480 e. The summed E-state index contributed by atoms with van der Waals surface area (Å²) in [6.45, 7) is -1.28. The number of carboxylic acid groups (broad SMARTS) is 1. The molecule has 2 aromatic heterocycles. The number of nitrogens with zero attached hydrogens (tertiary/aromatic N) is 4. The highest BCUT2D eigenvalue weighted by Gasteiger charge is 2.46. The number of morpholine rings is 1. The molecular formula is C33H24F7N5O6. The van der Waals surface area contributed by atoms with Gasteiger partial charge in [-0.2, -0.15) is 13.2 Å². The van der Waals surface area contributed by atoms with Gasteiger partial charge in [0.1, 0.15) is 29.3 Å². The van der Waals surface area contributed by atoms with Crippen LogP contribution >= 0.6 is 0 Å². The molecular weight excluding hydrogens is 695 g/mol. The molecule has 0 radical (unpaired) electrons. The zero-order valence-electron chi connectivity index (χ0n) is 26.1. The van der Waals surface area contributed by atoms with Gasteiger partial charge in [0, 0.05) is 43.4 Å². The molecule has 3 heterocycles. The SMILES string of the molecule is Cn1c(=O)n(-c2ccc(C[C@H](NC(=O)c3c(F)cc(N4CCOC[C@@H]4C(F)(F)F)cc3F)C(=O)O)c3cccnc23)c(=O)c2cc(F)c(F)cc21. The number of hydrogen-bond acceptors (Lipinski definition) is 7. The van der Waals surface area contributed by atoms with Crippen LogP contribution in [-0.4, -0.2) is 69.1 Å². The number of aryl methyl sites for hydroxylation is 1. The number of aliphatic carboxylic acids is 1. The maximum atomic E-state index is 15.2. The third kappa shape index (κ3) is 6.37. The summed E-state index contributed by atoms with van der Waals surface area (Å²) < 4.78 is 105. The van der Waals surface area contributed by atoms with Gasteiger partial charge in [0.05, 0.1) is 35.3 Å². The van der Waals surface area contributed by atoms with Crippen LogP contribution < -0.4 is 21.5 Å². The highest BCUT2D eigenvalue weighted by molar-refractivity contribution is 5.98. The molecule has 0 spiro atoms. The summed E-state index contributed by atoms with van der Waals surface area (Å²) >= 11 is 0. The van der Waals surface area contributed by atoms with Crippen molar-refractivity contribution in [2.45, 2.75) is 24.7 Å². The number of fused-ring (bicyclic) bond motifs is 2. The smallest absolute Gasteiger partial charge is 0.411 e. The molecule has 51 heavy (non-hydrogen) atoms. The van der Waals surface area contributed by atoms with Crippen LogP contribution in [0, 0.1) is 23.3 Å². The zero-order valence-corrected chi connectivity index (χ0v) is 26.1. The van der Waals surface area contributed by atoms with E-state index in [1.54, 1.807) is 0 Å². The molecule has 1 fully saturated rings. The number of ether oxygens (including phenoxy) is 1. The van der Waals surface area contributed by atoms with Crippen LogP contribution in [0.3, 0.4) is 0 Å². The molecule has 1 amide bonds. The van der Waals surface area contributed by atoms with Crippen LogP contribution in [-0.2, 0) is 23.0 Å². The fourth-order valence-electron chi connectivity index (χ4n) is 6.01. The monoisotopic (exact) mass is 719 g/mol. The maximum Gasteiger partial charge on any atom is 0.411 e. The Morgan fingerprint density at radius 1 is 1.00 bits per heavy atom. The second-order valence-electron chi connectivity index (χ2n) is 11.6. The lowest BCUT2D eigenvalue weighted by Crippen LogP contribution is -2.53. The van der Waals surface area contributed by atoms with E-state index >= 15 is 8.78 Å². The molecule has 1 aliphatic heterocycles. The number of benzene rings is 3. The van der Waals surface area contributed by atoms with Crippen LogP contribution in [0.15, 0.2) is 64.3 Å². The molecule has 0 saturated carbocycles. The van der Waals surface area contributed by atoms with Crippen LogP contribution in [0.5, 0.6) is 0 Å². The first-order valence-corrected chi connectivity index (χ1v) is 15.0. The summed E-state index contributed by atoms with van der Waals surface area (Å²) in [6, 6.07) is 3.89. The van der Waals surface area contributed by atoms with Gasteiger partial charge in [-0.05, 0) is 35.9 Å². The molecule has 266 valence electrons. The number of hydrogen-bond donors (Lipinski definition) is 2. The Labute approximate surface area is 281 Å². The minimum absolute atomic E-state index is 0.000416. The van der Waals surface area contributed by atoms with Crippen molar-refractivity contribution in [3.05, 3.63) is 110 Å². The number of halogens is 7. The van der Waals surface area contributed by atoms with Gasteiger partial charge < -0.3 is 20.1 Å². The lowest BCUT2D eigenvalue weighted by atomic mass is 9.99. The summed E-state index contributed by atoms with van der Waals surface area (Å²) in [4.78, 5) is 57.0. The molecule has 6 rings (SSSR count). The minimum atomic E-state index is -4.79. The topological polar surface area (TPSA) is 136 Å². The molecule has 11 nitrogen and oxygen atoms in total. The number of anilines is 1. The fourth-order valence-corrected chi connectivity index (χ4v) is 6.01. The van der Waals surface area contributed by atoms with Crippen molar-refractivity contribution in [3.63, 3.8) is 0 Å². The lowest BCUT2D eigenvalue weighted by Gasteiger charge is -2.38. The highest BCUT2D eigenvalue weighted by Crippen LogP contribution is 2.33. The zero-order chi connectivity index (χ0) is 36.9. The van der Waals surface area contributed by atoms with Gasteiger partial charge in [0.25, 0.3) is 11.5 Å². The number of aromatic nitrogens is 3. The second-order valence-corrected chi connectivity index (χ2v) is 11.6. The van der Waals surface area contributed by atoms with E-state index in [4.69, 9.17) is 4.74 Å². The summed E-state index contributed by atoms with van der Waals surface area (Å²) in [6.07, 6.45) is -4.00.